The van der Waals surface area contributed by atoms with Gasteiger partial charge in [0.2, 0.25) is 0 Å². The number of allylic oxidation sites excluding steroid dienone is 7. The van der Waals surface area contributed by atoms with E-state index in [1.165, 1.54) is 43.4 Å². The van der Waals surface area contributed by atoms with Gasteiger partial charge in [-0.1, -0.05) is 54.7 Å². The predicted octanol–water partition coefficient (Wildman–Crippen LogP) is 6.40. The first kappa shape index (κ1) is 16.1. The quantitative estimate of drug-likeness (QED) is 0.552. The van der Waals surface area contributed by atoms with Crippen molar-refractivity contribution in [2.24, 2.45) is 10.9 Å². The van der Waals surface area contributed by atoms with Crippen LogP contribution in [0.4, 0.5) is 0 Å². The van der Waals surface area contributed by atoms with Gasteiger partial charge in [-0.05, 0) is 73.1 Å². The second-order valence-electron chi connectivity index (χ2n) is 8.08. The van der Waals surface area contributed by atoms with E-state index in [0.29, 0.717) is 11.8 Å². The van der Waals surface area contributed by atoms with Gasteiger partial charge in [0.15, 0.2) is 0 Å². The number of aliphatic imine (C=N–C) groups is 1. The lowest BCUT2D eigenvalue weighted by Crippen LogP contribution is -2.30. The summed E-state index contributed by atoms with van der Waals surface area (Å²) in [7, 11) is 0. The summed E-state index contributed by atoms with van der Waals surface area (Å²) < 4.78 is 0. The van der Waals surface area contributed by atoms with Crippen LogP contribution in [0.3, 0.4) is 0 Å². The molecule has 0 saturated carbocycles. The van der Waals surface area contributed by atoms with E-state index in [1.807, 2.05) is 0 Å². The smallest absolute Gasteiger partial charge is 0.0475 e. The van der Waals surface area contributed by atoms with Gasteiger partial charge in [-0.15, -0.1) is 0 Å². The van der Waals surface area contributed by atoms with Gasteiger partial charge in [-0.3, -0.25) is 4.99 Å². The van der Waals surface area contributed by atoms with E-state index in [0.717, 1.165) is 18.8 Å². The number of rotatable bonds is 2. The minimum absolute atomic E-state index is 0.511. The van der Waals surface area contributed by atoms with Crippen molar-refractivity contribution in [1.82, 2.24) is 0 Å². The van der Waals surface area contributed by atoms with E-state index in [1.54, 1.807) is 16.7 Å². The van der Waals surface area contributed by atoms with E-state index in [9.17, 15) is 0 Å². The van der Waals surface area contributed by atoms with Gasteiger partial charge in [0.05, 0.1) is 0 Å². The third kappa shape index (κ3) is 2.74. The molecule has 0 saturated heterocycles. The standard InChI is InChI=1S/C25H27N/c1-3-8-18(9-4-1)20-12-7-13-21-22(20)14-15-24-23(21)16-17-26-25(24)19-10-5-2-6-11-19/h1-3,5,7,10,12-13,16-18,23-24H,4,6,8-9,11,14-15H2. The Balaban J connectivity index is 1.50. The molecule has 0 radical (unpaired) electrons. The Morgan fingerprint density at radius 3 is 2.73 bits per heavy atom. The lowest BCUT2D eigenvalue weighted by molar-refractivity contribution is 0.513. The first-order chi connectivity index (χ1) is 12.9. The first-order valence-corrected chi connectivity index (χ1v) is 10.3. The molecule has 0 spiro atoms. The molecule has 1 aromatic rings. The number of hydrogen-bond donors (Lipinski definition) is 0. The number of fused-ring (bicyclic) bond motifs is 3. The number of hydrogen-bond acceptors (Lipinski definition) is 1. The highest BCUT2D eigenvalue weighted by Gasteiger charge is 2.35. The second kappa shape index (κ2) is 6.87. The van der Waals surface area contributed by atoms with Gasteiger partial charge < -0.3 is 0 Å². The van der Waals surface area contributed by atoms with E-state index in [-0.39, 0.29) is 0 Å². The zero-order chi connectivity index (χ0) is 17.3. The van der Waals surface area contributed by atoms with Gasteiger partial charge in [-0.25, -0.2) is 0 Å². The van der Waals surface area contributed by atoms with Crippen molar-refractivity contribution in [3.63, 3.8) is 0 Å². The molecule has 0 bridgehead atoms. The summed E-state index contributed by atoms with van der Waals surface area (Å²) in [5, 5.41) is 0. The zero-order valence-electron chi connectivity index (χ0n) is 15.4. The fraction of sp³-hybridized carbons (Fsp3) is 0.400. The SMILES string of the molecule is C1=CCCC(C2=NC=CC3c4cccc(C5CC=CCC5)c4CCC23)=C1. The molecule has 3 aliphatic carbocycles. The van der Waals surface area contributed by atoms with Gasteiger partial charge in [-0.2, -0.15) is 0 Å². The molecule has 0 N–H and O–H groups in total. The molecular formula is C25H27N. The molecule has 1 heteroatoms. The molecule has 26 heavy (non-hydrogen) atoms. The molecule has 1 heterocycles. The van der Waals surface area contributed by atoms with Crippen LogP contribution in [0.25, 0.3) is 0 Å². The Kier molecular flexibility index (Phi) is 4.24. The van der Waals surface area contributed by atoms with Crippen molar-refractivity contribution < 1.29 is 0 Å². The third-order valence-electron chi connectivity index (χ3n) is 6.66. The summed E-state index contributed by atoms with van der Waals surface area (Å²) in [6.45, 7) is 0. The van der Waals surface area contributed by atoms with Crippen LogP contribution in [0.5, 0.6) is 0 Å². The molecule has 0 amide bonds. The summed E-state index contributed by atoms with van der Waals surface area (Å²) >= 11 is 0. The fourth-order valence-electron chi connectivity index (χ4n) is 5.37. The molecular weight excluding hydrogens is 314 g/mol. The van der Waals surface area contributed by atoms with Crippen LogP contribution >= 0.6 is 0 Å². The van der Waals surface area contributed by atoms with Gasteiger partial charge in [0.1, 0.15) is 0 Å². The molecule has 1 aromatic carbocycles. The van der Waals surface area contributed by atoms with Crippen molar-refractivity contribution in [1.29, 1.82) is 0 Å². The average molecular weight is 341 g/mol. The molecule has 1 nitrogen and oxygen atoms in total. The second-order valence-corrected chi connectivity index (χ2v) is 8.08. The van der Waals surface area contributed by atoms with E-state index in [2.05, 4.69) is 60.9 Å². The third-order valence-corrected chi connectivity index (χ3v) is 6.66. The van der Waals surface area contributed by atoms with Crippen LogP contribution in [0.1, 0.15) is 67.1 Å². The van der Waals surface area contributed by atoms with Crippen LogP contribution in [0.15, 0.2) is 71.4 Å². The Hall–Kier alpha value is -2.15. The molecule has 1 aliphatic heterocycles. The Morgan fingerprint density at radius 2 is 1.88 bits per heavy atom. The maximum Gasteiger partial charge on any atom is 0.0475 e. The van der Waals surface area contributed by atoms with E-state index >= 15 is 0 Å². The highest BCUT2D eigenvalue weighted by molar-refractivity contribution is 6.04. The van der Waals surface area contributed by atoms with Gasteiger partial charge in [0.25, 0.3) is 0 Å². The number of benzene rings is 1. The molecule has 4 aliphatic rings. The molecule has 0 aromatic heterocycles. The van der Waals surface area contributed by atoms with Crippen LogP contribution in [-0.4, -0.2) is 5.71 Å². The lowest BCUT2D eigenvalue weighted by atomic mass is 9.68. The largest absolute Gasteiger partial charge is 0.261 e. The topological polar surface area (TPSA) is 12.4 Å². The molecule has 5 rings (SSSR count). The van der Waals surface area contributed by atoms with Crippen molar-refractivity contribution >= 4 is 5.71 Å². The molecule has 3 atom stereocenters. The summed E-state index contributed by atoms with van der Waals surface area (Å²) in [4.78, 5) is 4.85. The van der Waals surface area contributed by atoms with Crippen molar-refractivity contribution in [2.45, 2.75) is 56.8 Å². The predicted molar refractivity (Wildman–Crippen MR) is 110 cm³/mol. The molecule has 3 unspecified atom stereocenters. The lowest BCUT2D eigenvalue weighted by Gasteiger charge is -2.37. The minimum atomic E-state index is 0.511. The minimum Gasteiger partial charge on any atom is -0.261 e. The molecule has 132 valence electrons. The zero-order valence-corrected chi connectivity index (χ0v) is 15.4. The van der Waals surface area contributed by atoms with Crippen molar-refractivity contribution in [3.8, 4) is 0 Å². The number of nitrogens with zero attached hydrogens (tertiary/aromatic N) is 1. The van der Waals surface area contributed by atoms with E-state index < -0.39 is 0 Å². The Bertz CT molecular complexity index is 849. The van der Waals surface area contributed by atoms with E-state index in [4.69, 9.17) is 4.99 Å². The first-order valence-electron chi connectivity index (χ1n) is 10.3. The Labute approximate surface area is 156 Å². The van der Waals surface area contributed by atoms with Crippen LogP contribution < -0.4 is 0 Å². The Morgan fingerprint density at radius 1 is 0.923 bits per heavy atom. The summed E-state index contributed by atoms with van der Waals surface area (Å²) in [6.07, 6.45) is 24.4. The molecule has 0 fully saturated rings. The van der Waals surface area contributed by atoms with Crippen LogP contribution in [-0.2, 0) is 6.42 Å². The highest BCUT2D eigenvalue weighted by Crippen LogP contribution is 2.45. The fourth-order valence-corrected chi connectivity index (χ4v) is 5.37. The average Bonchev–Trinajstić information content (AvgIpc) is 2.74. The van der Waals surface area contributed by atoms with Gasteiger partial charge >= 0.3 is 0 Å². The van der Waals surface area contributed by atoms with Gasteiger partial charge in [0, 0.05) is 23.7 Å². The van der Waals surface area contributed by atoms with Crippen LogP contribution in [0, 0.1) is 5.92 Å². The van der Waals surface area contributed by atoms with Crippen molar-refractivity contribution in [3.05, 3.63) is 83.1 Å². The monoisotopic (exact) mass is 341 g/mol. The summed E-state index contributed by atoms with van der Waals surface area (Å²) in [5.41, 5.74) is 7.67. The maximum atomic E-state index is 4.85. The maximum absolute atomic E-state index is 4.85. The normalized spacial score (nSPS) is 29.6. The summed E-state index contributed by atoms with van der Waals surface area (Å²) in [5.74, 6) is 1.79. The highest BCUT2D eigenvalue weighted by atomic mass is 14.7. The van der Waals surface area contributed by atoms with Crippen molar-refractivity contribution in [2.75, 3.05) is 0 Å². The summed E-state index contributed by atoms with van der Waals surface area (Å²) in [6, 6.07) is 7.09. The van der Waals surface area contributed by atoms with Crippen LogP contribution in [0.2, 0.25) is 0 Å².